The molecule has 2 atom stereocenters. The van der Waals surface area contributed by atoms with E-state index in [9.17, 15) is 9.18 Å². The van der Waals surface area contributed by atoms with Crippen LogP contribution in [0.4, 0.5) is 4.39 Å². The van der Waals surface area contributed by atoms with Gasteiger partial charge in [-0.05, 0) is 37.3 Å². The van der Waals surface area contributed by atoms with E-state index < -0.39 is 5.82 Å². The molecule has 0 bridgehead atoms. The van der Waals surface area contributed by atoms with E-state index in [-0.39, 0.29) is 24.0 Å². The molecule has 1 aliphatic heterocycles. The first-order valence-corrected chi connectivity index (χ1v) is 6.82. The third-order valence-electron chi connectivity index (χ3n) is 3.75. The summed E-state index contributed by atoms with van der Waals surface area (Å²) in [4.78, 5) is 22.0. The summed E-state index contributed by atoms with van der Waals surface area (Å²) >= 11 is 0. The molecule has 1 unspecified atom stereocenters. The van der Waals surface area contributed by atoms with Gasteiger partial charge in [-0.2, -0.15) is 0 Å². The molecule has 3 rings (SSSR count). The van der Waals surface area contributed by atoms with E-state index in [4.69, 9.17) is 5.73 Å². The highest BCUT2D eigenvalue weighted by atomic mass is 19.1. The van der Waals surface area contributed by atoms with Crippen LogP contribution in [0.25, 0.3) is 0 Å². The lowest BCUT2D eigenvalue weighted by atomic mass is 10.0. The van der Waals surface area contributed by atoms with Crippen LogP contribution in [0.1, 0.15) is 37.8 Å². The monoisotopic (exact) mass is 276 g/mol. The summed E-state index contributed by atoms with van der Waals surface area (Å²) < 4.78 is 13.4. The first-order valence-electron chi connectivity index (χ1n) is 6.82. The van der Waals surface area contributed by atoms with E-state index in [1.807, 2.05) is 6.92 Å². The van der Waals surface area contributed by atoms with Gasteiger partial charge in [0.25, 0.3) is 0 Å². The Hall–Kier alpha value is -1.98. The minimum Gasteiger partial charge on any atom is -0.369 e. The van der Waals surface area contributed by atoms with E-state index >= 15 is 0 Å². The van der Waals surface area contributed by atoms with E-state index in [0.29, 0.717) is 17.9 Å². The molecular weight excluding hydrogens is 259 g/mol. The lowest BCUT2D eigenvalue weighted by Crippen LogP contribution is -2.49. The lowest BCUT2D eigenvalue weighted by Gasteiger charge is -2.34. The number of pyridine rings is 1. The average molecular weight is 276 g/mol. The zero-order valence-electron chi connectivity index (χ0n) is 11.3. The van der Waals surface area contributed by atoms with Crippen molar-refractivity contribution in [2.24, 2.45) is 16.6 Å². The molecule has 0 radical (unpaired) electrons. The quantitative estimate of drug-likeness (QED) is 0.911. The number of aromatic nitrogens is 1. The van der Waals surface area contributed by atoms with Crippen LogP contribution in [0, 0.1) is 11.7 Å². The second kappa shape index (κ2) is 4.85. The topological polar surface area (TPSA) is 71.6 Å². The van der Waals surface area contributed by atoms with Crippen molar-refractivity contribution in [2.45, 2.75) is 38.3 Å². The van der Waals surface area contributed by atoms with Gasteiger partial charge >= 0.3 is 0 Å². The molecule has 106 valence electrons. The average Bonchev–Trinajstić information content (AvgIpc) is 3.17. The Balaban J connectivity index is 1.99. The van der Waals surface area contributed by atoms with Crippen molar-refractivity contribution in [2.75, 3.05) is 0 Å². The van der Waals surface area contributed by atoms with Crippen molar-refractivity contribution < 1.29 is 9.18 Å². The molecule has 1 aromatic heterocycles. The van der Waals surface area contributed by atoms with E-state index in [0.717, 1.165) is 19.0 Å². The Bertz CT molecular complexity index is 570. The number of hydrogen-bond acceptors (Lipinski definition) is 4. The summed E-state index contributed by atoms with van der Waals surface area (Å²) in [7, 11) is 0. The summed E-state index contributed by atoms with van der Waals surface area (Å²) in [6.45, 7) is 1.86. The normalized spacial score (nSPS) is 24.5. The van der Waals surface area contributed by atoms with Gasteiger partial charge in [0.2, 0.25) is 5.91 Å². The Morgan fingerprint density at radius 1 is 1.45 bits per heavy atom. The fourth-order valence-electron chi connectivity index (χ4n) is 2.74. The number of guanidine groups is 1. The number of aliphatic imine (C=N–C) groups is 1. The zero-order chi connectivity index (χ0) is 14.3. The standard InChI is InChI=1S/C14H17FN4O/c1-8-4-12(20)19(14(16)18-8)13(9-2-3-9)10-5-11(15)7-17-6-10/h5-9,13H,2-4H2,1H3,(H2,16,18)/t8-,13?/m1/s1. The maximum Gasteiger partial charge on any atom is 0.232 e. The number of nitrogens with zero attached hydrogens (tertiary/aromatic N) is 3. The van der Waals surface area contributed by atoms with Crippen molar-refractivity contribution in [3.05, 3.63) is 29.8 Å². The van der Waals surface area contributed by atoms with Gasteiger partial charge in [0, 0.05) is 12.6 Å². The molecule has 0 spiro atoms. The molecule has 5 nitrogen and oxygen atoms in total. The van der Waals surface area contributed by atoms with Crippen LogP contribution in [0.3, 0.4) is 0 Å². The van der Waals surface area contributed by atoms with Gasteiger partial charge < -0.3 is 5.73 Å². The van der Waals surface area contributed by atoms with Gasteiger partial charge in [-0.25, -0.2) is 9.38 Å². The Morgan fingerprint density at radius 3 is 2.80 bits per heavy atom. The molecule has 1 aromatic rings. The largest absolute Gasteiger partial charge is 0.369 e. The maximum absolute atomic E-state index is 13.4. The highest BCUT2D eigenvalue weighted by Gasteiger charge is 2.41. The highest BCUT2D eigenvalue weighted by molar-refractivity contribution is 5.99. The van der Waals surface area contributed by atoms with Crippen molar-refractivity contribution in [1.29, 1.82) is 0 Å². The fraction of sp³-hybridized carbons (Fsp3) is 0.500. The zero-order valence-corrected chi connectivity index (χ0v) is 11.3. The molecule has 2 heterocycles. The van der Waals surface area contributed by atoms with E-state index in [1.165, 1.54) is 11.0 Å². The number of carbonyl (C=O) groups is 1. The predicted molar refractivity (Wildman–Crippen MR) is 72.2 cm³/mol. The van der Waals surface area contributed by atoms with Crippen LogP contribution in [-0.4, -0.2) is 27.8 Å². The van der Waals surface area contributed by atoms with Crippen molar-refractivity contribution in [3.63, 3.8) is 0 Å². The summed E-state index contributed by atoms with van der Waals surface area (Å²) in [5.41, 5.74) is 6.63. The summed E-state index contributed by atoms with van der Waals surface area (Å²) in [5.74, 6) is 0.0901. The number of nitrogens with two attached hydrogens (primary N) is 1. The van der Waals surface area contributed by atoms with Crippen molar-refractivity contribution in [3.8, 4) is 0 Å². The third-order valence-corrected chi connectivity index (χ3v) is 3.75. The minimum atomic E-state index is -0.401. The lowest BCUT2D eigenvalue weighted by molar-refractivity contribution is -0.130. The molecule has 6 heteroatoms. The van der Waals surface area contributed by atoms with Gasteiger partial charge in [-0.3, -0.25) is 14.7 Å². The minimum absolute atomic E-state index is 0.0499. The Kier molecular flexibility index (Phi) is 3.16. The molecular formula is C14H17FN4O. The van der Waals surface area contributed by atoms with Crippen LogP contribution in [-0.2, 0) is 4.79 Å². The summed E-state index contributed by atoms with van der Waals surface area (Å²) in [5, 5.41) is 0. The number of amides is 1. The van der Waals surface area contributed by atoms with Gasteiger partial charge in [-0.15, -0.1) is 0 Å². The second-order valence-corrected chi connectivity index (χ2v) is 5.52. The molecule has 1 saturated carbocycles. The van der Waals surface area contributed by atoms with Gasteiger partial charge in [-0.1, -0.05) is 0 Å². The van der Waals surface area contributed by atoms with Gasteiger partial charge in [0.1, 0.15) is 5.82 Å². The van der Waals surface area contributed by atoms with Crippen LogP contribution < -0.4 is 5.73 Å². The SMILES string of the molecule is C[C@@H]1CC(=O)N(C(c2cncc(F)c2)C2CC2)C(N)=N1. The molecule has 2 N–H and O–H groups in total. The van der Waals surface area contributed by atoms with Crippen LogP contribution in [0.2, 0.25) is 0 Å². The summed E-state index contributed by atoms with van der Waals surface area (Å²) in [6, 6.07) is 1.08. The Labute approximate surface area is 116 Å². The number of hydrogen-bond donors (Lipinski definition) is 1. The first-order chi connectivity index (χ1) is 9.56. The fourth-order valence-corrected chi connectivity index (χ4v) is 2.74. The highest BCUT2D eigenvalue weighted by Crippen LogP contribution is 2.45. The Morgan fingerprint density at radius 2 is 2.20 bits per heavy atom. The molecule has 1 fully saturated rings. The predicted octanol–water partition coefficient (Wildman–Crippen LogP) is 1.61. The number of carbonyl (C=O) groups excluding carboxylic acids is 1. The number of halogens is 1. The summed E-state index contributed by atoms with van der Waals surface area (Å²) in [6.07, 6.45) is 5.11. The molecule has 2 aliphatic rings. The van der Waals surface area contributed by atoms with Crippen molar-refractivity contribution in [1.82, 2.24) is 9.88 Å². The smallest absolute Gasteiger partial charge is 0.232 e. The molecule has 0 saturated heterocycles. The van der Waals surface area contributed by atoms with E-state index in [2.05, 4.69) is 9.98 Å². The molecule has 1 aliphatic carbocycles. The molecule has 1 amide bonds. The van der Waals surface area contributed by atoms with Crippen LogP contribution >= 0.6 is 0 Å². The third kappa shape index (κ3) is 2.37. The second-order valence-electron chi connectivity index (χ2n) is 5.52. The van der Waals surface area contributed by atoms with Crippen molar-refractivity contribution >= 4 is 11.9 Å². The van der Waals surface area contributed by atoms with Crippen LogP contribution in [0.15, 0.2) is 23.5 Å². The van der Waals surface area contributed by atoms with Crippen LogP contribution in [0.5, 0.6) is 0 Å². The van der Waals surface area contributed by atoms with Gasteiger partial charge in [0.15, 0.2) is 5.96 Å². The van der Waals surface area contributed by atoms with E-state index in [1.54, 1.807) is 6.20 Å². The first kappa shape index (κ1) is 13.0. The molecule has 20 heavy (non-hydrogen) atoms. The molecule has 0 aromatic carbocycles. The van der Waals surface area contributed by atoms with Gasteiger partial charge in [0.05, 0.1) is 18.3 Å². The number of rotatable bonds is 3. The maximum atomic E-state index is 13.4.